The van der Waals surface area contributed by atoms with E-state index in [1.54, 1.807) is 6.20 Å². The Bertz CT molecular complexity index is 917. The van der Waals surface area contributed by atoms with Crippen molar-refractivity contribution in [1.82, 2.24) is 30.5 Å². The van der Waals surface area contributed by atoms with Crippen LogP contribution < -0.4 is 5.32 Å². The second-order valence-corrected chi connectivity index (χ2v) is 7.86. The Hall–Kier alpha value is -2.61. The summed E-state index contributed by atoms with van der Waals surface area (Å²) < 4.78 is 1.88. The van der Waals surface area contributed by atoms with Crippen LogP contribution in [0.25, 0.3) is 10.6 Å². The van der Waals surface area contributed by atoms with Gasteiger partial charge in [-0.3, -0.25) is 4.79 Å². The molecule has 7 nitrogen and oxygen atoms in total. The van der Waals surface area contributed by atoms with Gasteiger partial charge in [0.2, 0.25) is 0 Å². The number of aromatic nitrogens is 5. The first-order valence-electron chi connectivity index (χ1n) is 8.31. The average Bonchev–Trinajstić information content (AvgIpc) is 3.20. The van der Waals surface area contributed by atoms with Crippen LogP contribution in [-0.2, 0) is 12.1 Å². The largest absolute Gasteiger partial charge is 0.344 e. The summed E-state index contributed by atoms with van der Waals surface area (Å²) in [6.07, 6.45) is 5.28. The molecule has 3 aliphatic rings. The monoisotopic (exact) mass is 352 g/mol. The van der Waals surface area contributed by atoms with E-state index in [0.29, 0.717) is 12.2 Å². The highest BCUT2D eigenvalue weighted by Gasteiger charge is 2.58. The van der Waals surface area contributed by atoms with Crippen molar-refractivity contribution in [1.29, 1.82) is 0 Å². The molecule has 2 aromatic heterocycles. The molecule has 1 N–H and O–H groups in total. The minimum absolute atomic E-state index is 0.153. The van der Waals surface area contributed by atoms with Crippen molar-refractivity contribution in [2.45, 2.75) is 31.3 Å². The van der Waals surface area contributed by atoms with E-state index in [0.717, 1.165) is 21.5 Å². The van der Waals surface area contributed by atoms with Crippen LogP contribution in [0, 0.1) is 5.92 Å². The highest BCUT2D eigenvalue weighted by molar-refractivity contribution is 7.14. The fourth-order valence-corrected chi connectivity index (χ4v) is 4.37. The van der Waals surface area contributed by atoms with Gasteiger partial charge in [-0.05, 0) is 25.2 Å². The van der Waals surface area contributed by atoms with Crippen LogP contribution in [0.3, 0.4) is 0 Å². The fraction of sp³-hybridized carbons (Fsp3) is 0.353. The number of nitrogens with one attached hydrogen (secondary N) is 1. The van der Waals surface area contributed by atoms with E-state index in [9.17, 15) is 4.79 Å². The number of hydrogen-bond acceptors (Lipinski definition) is 6. The maximum atomic E-state index is 12.3. The molecule has 0 aliphatic heterocycles. The van der Waals surface area contributed by atoms with E-state index < -0.39 is 0 Å². The molecular weight excluding hydrogens is 336 g/mol. The highest BCUT2D eigenvalue weighted by atomic mass is 32.1. The van der Waals surface area contributed by atoms with Crippen LogP contribution in [0.5, 0.6) is 0 Å². The first kappa shape index (κ1) is 14.7. The Kier molecular flexibility index (Phi) is 3.21. The lowest BCUT2D eigenvalue weighted by Crippen LogP contribution is -2.59. The molecule has 0 saturated heterocycles. The Morgan fingerprint density at radius 2 is 2.00 bits per heavy atom. The summed E-state index contributed by atoms with van der Waals surface area (Å²) in [6, 6.07) is 9.88. The molecule has 3 aromatic rings. The second kappa shape index (κ2) is 5.45. The Morgan fingerprint density at radius 3 is 2.72 bits per heavy atom. The number of benzene rings is 1. The van der Waals surface area contributed by atoms with Gasteiger partial charge in [-0.25, -0.2) is 4.68 Å². The van der Waals surface area contributed by atoms with Crippen molar-refractivity contribution in [2.75, 3.05) is 0 Å². The number of carbonyl (C=O) groups excluding carboxylic acids is 1. The molecule has 8 heteroatoms. The van der Waals surface area contributed by atoms with Gasteiger partial charge in [0.15, 0.2) is 5.69 Å². The van der Waals surface area contributed by atoms with Crippen molar-refractivity contribution >= 4 is 17.2 Å². The normalized spacial score (nSPS) is 23.6. The number of amides is 1. The van der Waals surface area contributed by atoms with Gasteiger partial charge in [0, 0.05) is 5.56 Å². The summed E-state index contributed by atoms with van der Waals surface area (Å²) in [7, 11) is 0. The SMILES string of the molecule is O=C(NCc1nnc(-c2ccccc2)s1)c1cn(C23CC(C2)C3)nn1. The molecule has 2 bridgehead atoms. The molecule has 25 heavy (non-hydrogen) atoms. The molecule has 3 aliphatic carbocycles. The van der Waals surface area contributed by atoms with Gasteiger partial charge < -0.3 is 5.32 Å². The molecule has 0 unspecified atom stereocenters. The highest BCUT2D eigenvalue weighted by Crippen LogP contribution is 2.61. The molecule has 3 saturated carbocycles. The van der Waals surface area contributed by atoms with E-state index in [1.165, 1.54) is 30.6 Å². The van der Waals surface area contributed by atoms with E-state index in [2.05, 4.69) is 25.8 Å². The third-order valence-corrected chi connectivity index (χ3v) is 6.08. The zero-order valence-electron chi connectivity index (χ0n) is 13.4. The summed E-state index contributed by atoms with van der Waals surface area (Å²) >= 11 is 1.47. The first-order valence-corrected chi connectivity index (χ1v) is 9.12. The van der Waals surface area contributed by atoms with Gasteiger partial charge in [0.1, 0.15) is 10.0 Å². The van der Waals surface area contributed by atoms with E-state index >= 15 is 0 Å². The Balaban J connectivity index is 1.23. The van der Waals surface area contributed by atoms with Crippen LogP contribution >= 0.6 is 11.3 Å². The van der Waals surface area contributed by atoms with Gasteiger partial charge in [0.25, 0.3) is 5.91 Å². The predicted molar refractivity (Wildman–Crippen MR) is 91.9 cm³/mol. The van der Waals surface area contributed by atoms with Crippen LogP contribution in [-0.4, -0.2) is 31.1 Å². The minimum Gasteiger partial charge on any atom is -0.344 e. The minimum atomic E-state index is -0.227. The van der Waals surface area contributed by atoms with Gasteiger partial charge in [0.05, 0.1) is 18.3 Å². The van der Waals surface area contributed by atoms with Gasteiger partial charge in [-0.15, -0.1) is 15.3 Å². The van der Waals surface area contributed by atoms with Crippen molar-refractivity contribution in [3.63, 3.8) is 0 Å². The van der Waals surface area contributed by atoms with E-state index in [-0.39, 0.29) is 11.4 Å². The topological polar surface area (TPSA) is 85.6 Å². The van der Waals surface area contributed by atoms with Gasteiger partial charge in [-0.2, -0.15) is 0 Å². The Morgan fingerprint density at radius 1 is 1.20 bits per heavy atom. The molecule has 3 fully saturated rings. The van der Waals surface area contributed by atoms with Gasteiger partial charge >= 0.3 is 0 Å². The second-order valence-electron chi connectivity index (χ2n) is 6.80. The third-order valence-electron chi connectivity index (χ3n) is 5.11. The molecule has 0 radical (unpaired) electrons. The van der Waals surface area contributed by atoms with Crippen molar-refractivity contribution in [3.05, 3.63) is 47.2 Å². The zero-order chi connectivity index (χ0) is 16.9. The third kappa shape index (κ3) is 2.44. The molecule has 6 rings (SSSR count). The molecule has 126 valence electrons. The smallest absolute Gasteiger partial charge is 0.273 e. The van der Waals surface area contributed by atoms with Crippen molar-refractivity contribution < 1.29 is 4.79 Å². The summed E-state index contributed by atoms with van der Waals surface area (Å²) in [4.78, 5) is 12.3. The van der Waals surface area contributed by atoms with Crippen molar-refractivity contribution in [2.24, 2.45) is 5.92 Å². The maximum absolute atomic E-state index is 12.3. The van der Waals surface area contributed by atoms with E-state index in [1.807, 2.05) is 35.0 Å². The number of nitrogens with zero attached hydrogens (tertiary/aromatic N) is 5. The predicted octanol–water partition coefficient (Wildman–Crippen LogP) is 2.24. The lowest BCUT2D eigenvalue weighted by atomic mass is 9.50. The maximum Gasteiger partial charge on any atom is 0.273 e. The standard InChI is InChI=1S/C17H16N6OS/c24-15(13-10-23(22-19-13)17-6-11(7-17)8-17)18-9-14-20-21-16(25-14)12-4-2-1-3-5-12/h1-5,10-11H,6-9H2,(H,18,24). The summed E-state index contributed by atoms with van der Waals surface area (Å²) in [5.74, 6) is 0.631. The van der Waals surface area contributed by atoms with Crippen molar-refractivity contribution in [3.8, 4) is 10.6 Å². The molecular formula is C17H16N6OS. The quantitative estimate of drug-likeness (QED) is 0.761. The number of carbonyl (C=O) groups is 1. The van der Waals surface area contributed by atoms with Crippen LogP contribution in [0.4, 0.5) is 0 Å². The van der Waals surface area contributed by atoms with Crippen LogP contribution in [0.2, 0.25) is 0 Å². The number of rotatable bonds is 5. The lowest BCUT2D eigenvalue weighted by Gasteiger charge is -2.61. The molecule has 2 heterocycles. The zero-order valence-corrected chi connectivity index (χ0v) is 14.2. The fourth-order valence-electron chi connectivity index (χ4n) is 3.58. The first-order chi connectivity index (χ1) is 12.2. The summed E-state index contributed by atoms with van der Waals surface area (Å²) in [6.45, 7) is 0.337. The molecule has 0 spiro atoms. The van der Waals surface area contributed by atoms with Crippen LogP contribution in [0.15, 0.2) is 36.5 Å². The molecule has 1 amide bonds. The van der Waals surface area contributed by atoms with Crippen LogP contribution in [0.1, 0.15) is 34.8 Å². The number of hydrogen-bond donors (Lipinski definition) is 1. The van der Waals surface area contributed by atoms with E-state index in [4.69, 9.17) is 0 Å². The molecule has 1 aromatic carbocycles. The Labute approximate surface area is 148 Å². The van der Waals surface area contributed by atoms with Gasteiger partial charge in [-0.1, -0.05) is 46.9 Å². The average molecular weight is 352 g/mol. The summed E-state index contributed by atoms with van der Waals surface area (Å²) in [5.41, 5.74) is 1.54. The molecule has 0 atom stereocenters. The lowest BCUT2D eigenvalue weighted by molar-refractivity contribution is -0.0989. The summed E-state index contributed by atoms with van der Waals surface area (Å²) in [5, 5.41) is 21.0.